The Labute approximate surface area is 113 Å². The molecular weight excluding hydrogens is 278 g/mol. The van der Waals surface area contributed by atoms with Crippen LogP contribution in [0.3, 0.4) is 0 Å². The largest absolute Gasteiger partial charge is 0.497 e. The Kier molecular flexibility index (Phi) is 5.47. The van der Waals surface area contributed by atoms with Crippen LogP contribution in [0, 0.1) is 11.8 Å². The van der Waals surface area contributed by atoms with Crippen molar-refractivity contribution in [3.63, 3.8) is 0 Å². The van der Waals surface area contributed by atoms with Crippen LogP contribution in [-0.2, 0) is 0 Å². The van der Waals surface area contributed by atoms with Crippen LogP contribution in [0.2, 0.25) is 0 Å². The van der Waals surface area contributed by atoms with Crippen molar-refractivity contribution in [2.45, 2.75) is 26.8 Å². The average molecular weight is 300 g/mol. The first-order valence-corrected chi connectivity index (χ1v) is 6.81. The first-order valence-electron chi connectivity index (χ1n) is 6.02. The lowest BCUT2D eigenvalue weighted by molar-refractivity contribution is 0.316. The Balaban J connectivity index is 3.04. The third-order valence-corrected chi connectivity index (χ3v) is 4.12. The van der Waals surface area contributed by atoms with Crippen molar-refractivity contribution in [2.75, 3.05) is 14.2 Å². The molecule has 3 heteroatoms. The third-order valence-electron chi connectivity index (χ3n) is 3.43. The van der Waals surface area contributed by atoms with Gasteiger partial charge in [-0.2, -0.15) is 0 Å². The minimum atomic E-state index is 0.357. The summed E-state index contributed by atoms with van der Waals surface area (Å²) in [6.45, 7) is 6.79. The van der Waals surface area contributed by atoms with E-state index in [-0.39, 0.29) is 0 Å². The summed E-state index contributed by atoms with van der Waals surface area (Å²) in [5, 5.41) is 3.41. The van der Waals surface area contributed by atoms with Crippen LogP contribution in [0.5, 0.6) is 5.75 Å². The van der Waals surface area contributed by atoms with Crippen LogP contribution in [0.15, 0.2) is 22.7 Å². The quantitative estimate of drug-likeness (QED) is 0.887. The molecule has 0 aliphatic carbocycles. The molecule has 1 aromatic rings. The van der Waals surface area contributed by atoms with Crippen molar-refractivity contribution in [3.05, 3.63) is 28.2 Å². The normalized spacial score (nSPS) is 14.8. The van der Waals surface area contributed by atoms with Crippen LogP contribution in [0.1, 0.15) is 32.4 Å². The van der Waals surface area contributed by atoms with Gasteiger partial charge in [0.05, 0.1) is 7.11 Å². The number of hydrogen-bond donors (Lipinski definition) is 1. The Hall–Kier alpha value is -0.540. The Morgan fingerprint density at radius 1 is 1.24 bits per heavy atom. The summed E-state index contributed by atoms with van der Waals surface area (Å²) in [5.74, 6) is 2.10. The maximum atomic E-state index is 5.22. The molecule has 96 valence electrons. The van der Waals surface area contributed by atoms with Crippen LogP contribution >= 0.6 is 15.9 Å². The second-order valence-corrected chi connectivity index (χ2v) is 5.61. The van der Waals surface area contributed by atoms with Crippen molar-refractivity contribution in [3.8, 4) is 5.75 Å². The van der Waals surface area contributed by atoms with Gasteiger partial charge in [0.15, 0.2) is 0 Å². The lowest BCUT2D eigenvalue weighted by Gasteiger charge is -2.28. The molecule has 2 unspecified atom stereocenters. The lowest BCUT2D eigenvalue weighted by Crippen LogP contribution is -2.27. The molecule has 0 fully saturated rings. The molecule has 1 N–H and O–H groups in total. The van der Waals surface area contributed by atoms with E-state index in [2.05, 4.69) is 48.1 Å². The van der Waals surface area contributed by atoms with E-state index < -0.39 is 0 Å². The lowest BCUT2D eigenvalue weighted by atomic mass is 9.86. The fraction of sp³-hybridized carbons (Fsp3) is 0.571. The number of rotatable bonds is 5. The summed E-state index contributed by atoms with van der Waals surface area (Å²) < 4.78 is 6.32. The van der Waals surface area contributed by atoms with Gasteiger partial charge in [0.25, 0.3) is 0 Å². The third kappa shape index (κ3) is 3.46. The molecule has 0 aromatic heterocycles. The van der Waals surface area contributed by atoms with Crippen LogP contribution in [-0.4, -0.2) is 14.2 Å². The van der Waals surface area contributed by atoms with E-state index in [1.54, 1.807) is 7.11 Å². The molecule has 0 heterocycles. The molecule has 0 amide bonds. The summed E-state index contributed by atoms with van der Waals surface area (Å²) in [6.07, 6.45) is 0. The summed E-state index contributed by atoms with van der Waals surface area (Å²) in [7, 11) is 3.70. The highest BCUT2D eigenvalue weighted by Gasteiger charge is 2.22. The van der Waals surface area contributed by atoms with Crippen molar-refractivity contribution in [2.24, 2.45) is 11.8 Å². The molecule has 17 heavy (non-hydrogen) atoms. The molecule has 0 spiro atoms. The van der Waals surface area contributed by atoms with E-state index in [4.69, 9.17) is 4.74 Å². The van der Waals surface area contributed by atoms with Crippen molar-refractivity contribution in [1.82, 2.24) is 5.32 Å². The van der Waals surface area contributed by atoms with Gasteiger partial charge >= 0.3 is 0 Å². The van der Waals surface area contributed by atoms with Gasteiger partial charge in [0, 0.05) is 10.5 Å². The summed E-state index contributed by atoms with van der Waals surface area (Å²) >= 11 is 3.63. The monoisotopic (exact) mass is 299 g/mol. The Morgan fingerprint density at radius 2 is 1.88 bits per heavy atom. The van der Waals surface area contributed by atoms with E-state index in [9.17, 15) is 0 Å². The molecule has 2 atom stereocenters. The van der Waals surface area contributed by atoms with E-state index in [1.807, 2.05) is 19.2 Å². The second kappa shape index (κ2) is 6.41. The fourth-order valence-corrected chi connectivity index (χ4v) is 2.58. The average Bonchev–Trinajstić information content (AvgIpc) is 2.31. The van der Waals surface area contributed by atoms with E-state index >= 15 is 0 Å². The summed E-state index contributed by atoms with van der Waals surface area (Å²) in [5.41, 5.74) is 1.29. The maximum absolute atomic E-state index is 5.22. The van der Waals surface area contributed by atoms with Crippen molar-refractivity contribution in [1.29, 1.82) is 0 Å². The van der Waals surface area contributed by atoms with Gasteiger partial charge in [0.1, 0.15) is 5.75 Å². The second-order valence-electron chi connectivity index (χ2n) is 4.76. The highest BCUT2D eigenvalue weighted by Crippen LogP contribution is 2.34. The van der Waals surface area contributed by atoms with Gasteiger partial charge in [-0.05, 0) is 36.6 Å². The predicted octanol–water partition coefficient (Wildman–Crippen LogP) is 4.01. The molecule has 0 bridgehead atoms. The van der Waals surface area contributed by atoms with Gasteiger partial charge in [-0.3, -0.25) is 0 Å². The molecule has 0 radical (unpaired) electrons. The van der Waals surface area contributed by atoms with E-state index in [0.717, 1.165) is 10.2 Å². The molecule has 0 saturated heterocycles. The zero-order valence-corrected chi connectivity index (χ0v) is 12.8. The Bertz CT molecular complexity index is 365. The maximum Gasteiger partial charge on any atom is 0.120 e. The molecule has 2 nitrogen and oxygen atoms in total. The Morgan fingerprint density at radius 3 is 2.29 bits per heavy atom. The number of hydrogen-bond acceptors (Lipinski definition) is 2. The van der Waals surface area contributed by atoms with Crippen LogP contribution < -0.4 is 10.1 Å². The highest BCUT2D eigenvalue weighted by molar-refractivity contribution is 9.10. The molecule has 0 saturated carbocycles. The predicted molar refractivity (Wildman–Crippen MR) is 76.5 cm³/mol. The summed E-state index contributed by atoms with van der Waals surface area (Å²) in [6, 6.07) is 6.52. The highest BCUT2D eigenvalue weighted by atomic mass is 79.9. The van der Waals surface area contributed by atoms with E-state index in [1.165, 1.54) is 5.56 Å². The zero-order chi connectivity index (χ0) is 13.0. The zero-order valence-electron chi connectivity index (χ0n) is 11.3. The van der Waals surface area contributed by atoms with Crippen LogP contribution in [0.25, 0.3) is 0 Å². The fourth-order valence-electron chi connectivity index (χ4n) is 1.97. The van der Waals surface area contributed by atoms with Gasteiger partial charge in [-0.25, -0.2) is 0 Å². The van der Waals surface area contributed by atoms with Crippen molar-refractivity contribution >= 4 is 15.9 Å². The molecule has 1 rings (SSSR count). The first-order chi connectivity index (χ1) is 8.01. The van der Waals surface area contributed by atoms with Gasteiger partial charge in [0.2, 0.25) is 0 Å². The first kappa shape index (κ1) is 14.5. The van der Waals surface area contributed by atoms with Gasteiger partial charge < -0.3 is 10.1 Å². The standard InChI is InChI=1S/C14H22BrNO/c1-9(2)10(3)14(16-4)12-7-6-11(17-5)8-13(12)15/h6-10,14,16H,1-5H3. The number of halogens is 1. The topological polar surface area (TPSA) is 21.3 Å². The number of ether oxygens (including phenoxy) is 1. The van der Waals surface area contributed by atoms with Crippen LogP contribution in [0.4, 0.5) is 0 Å². The van der Waals surface area contributed by atoms with Gasteiger partial charge in [-0.1, -0.05) is 42.8 Å². The minimum Gasteiger partial charge on any atom is -0.497 e. The molecule has 1 aromatic carbocycles. The SMILES string of the molecule is CNC(c1ccc(OC)cc1Br)C(C)C(C)C. The number of methoxy groups -OCH3 is 1. The summed E-state index contributed by atoms with van der Waals surface area (Å²) in [4.78, 5) is 0. The van der Waals surface area contributed by atoms with E-state index in [0.29, 0.717) is 17.9 Å². The molecule has 0 aliphatic rings. The number of nitrogens with one attached hydrogen (secondary N) is 1. The smallest absolute Gasteiger partial charge is 0.120 e. The van der Waals surface area contributed by atoms with Crippen molar-refractivity contribution < 1.29 is 4.74 Å². The molecule has 0 aliphatic heterocycles. The number of benzene rings is 1. The molecular formula is C14H22BrNO. The van der Waals surface area contributed by atoms with Gasteiger partial charge in [-0.15, -0.1) is 0 Å². The minimum absolute atomic E-state index is 0.357.